The number of carboxylic acid groups (broad SMARTS) is 1. The maximum absolute atomic E-state index is 17.0. The molecule has 2 aromatic heterocycles. The summed E-state index contributed by atoms with van der Waals surface area (Å²) in [6.07, 6.45) is 2.86. The number of hydrogen-bond acceptors (Lipinski definition) is 8. The zero-order chi connectivity index (χ0) is 29.1. The molecular weight excluding hydrogens is 568 g/mol. The van der Waals surface area contributed by atoms with Crippen molar-refractivity contribution in [1.29, 1.82) is 0 Å². The van der Waals surface area contributed by atoms with Crippen LogP contribution in [0.3, 0.4) is 0 Å². The fraction of sp³-hybridized carbons (Fsp3) is 0.414. The van der Waals surface area contributed by atoms with Crippen molar-refractivity contribution in [3.63, 3.8) is 0 Å². The Morgan fingerprint density at radius 3 is 2.56 bits per heavy atom. The van der Waals surface area contributed by atoms with Crippen molar-refractivity contribution in [2.45, 2.75) is 56.6 Å². The molecule has 8 nitrogen and oxygen atoms in total. The van der Waals surface area contributed by atoms with Crippen LogP contribution < -0.4 is 10.2 Å². The van der Waals surface area contributed by atoms with Gasteiger partial charge >= 0.3 is 6.09 Å². The number of rotatable bonds is 7. The van der Waals surface area contributed by atoms with Crippen LogP contribution in [0, 0.1) is 11.6 Å². The summed E-state index contributed by atoms with van der Waals surface area (Å²) in [5, 5.41) is 13.4. The maximum atomic E-state index is 17.0. The second kappa shape index (κ2) is 10.6. The van der Waals surface area contributed by atoms with E-state index in [1.54, 1.807) is 12.1 Å². The van der Waals surface area contributed by atoms with E-state index in [9.17, 15) is 9.90 Å². The first-order valence-electron chi connectivity index (χ1n) is 13.6. The Balaban J connectivity index is 1.66. The van der Waals surface area contributed by atoms with E-state index in [1.807, 2.05) is 14.0 Å². The number of halogens is 2. The number of nitrogens with one attached hydrogen (secondary N) is 1. The summed E-state index contributed by atoms with van der Waals surface area (Å²) >= 11 is 2.60. The summed E-state index contributed by atoms with van der Waals surface area (Å²) in [4.78, 5) is 25.3. The predicted octanol–water partition coefficient (Wildman–Crippen LogP) is 7.29. The molecule has 0 spiro atoms. The van der Waals surface area contributed by atoms with Crippen molar-refractivity contribution < 1.29 is 23.4 Å². The summed E-state index contributed by atoms with van der Waals surface area (Å²) in [5.74, 6) is 0.125. The predicted molar refractivity (Wildman–Crippen MR) is 160 cm³/mol. The standard InChI is InChI=1S/C29H31F2N5O3S2/c1-5-40-27-33-25-23(26(34-27)36(4)29(35(2)3)10-6-7-11-29)17-14-39-13-16(17)22(24(25)31)21-15-12-20(32-28(37)38)41-19(15)9-8-18(21)30/h8-9,12,32H,5-7,10-11,13-14H2,1-4H3,(H,37,38). The highest BCUT2D eigenvalue weighted by Crippen LogP contribution is 2.48. The number of ether oxygens (including phenoxy) is 1. The van der Waals surface area contributed by atoms with Gasteiger partial charge in [-0.15, -0.1) is 11.3 Å². The molecule has 12 heteroatoms. The Labute approximate surface area is 244 Å². The Morgan fingerprint density at radius 2 is 1.88 bits per heavy atom. The van der Waals surface area contributed by atoms with Crippen LogP contribution in [0.1, 0.15) is 43.7 Å². The quantitative estimate of drug-likeness (QED) is 0.130. The molecule has 41 heavy (non-hydrogen) atoms. The van der Waals surface area contributed by atoms with Gasteiger partial charge in [-0.05, 0) is 74.9 Å². The van der Waals surface area contributed by atoms with E-state index in [-0.39, 0.29) is 35.5 Å². The van der Waals surface area contributed by atoms with E-state index in [0.717, 1.165) is 31.2 Å². The number of benzene rings is 2. The Kier molecular flexibility index (Phi) is 7.29. The van der Waals surface area contributed by atoms with Crippen LogP contribution in [-0.2, 0) is 18.0 Å². The highest BCUT2D eigenvalue weighted by molar-refractivity contribution is 7.99. The molecule has 0 unspecified atom stereocenters. The molecule has 0 atom stereocenters. The van der Waals surface area contributed by atoms with E-state index in [4.69, 9.17) is 14.7 Å². The first kappa shape index (κ1) is 28.1. The van der Waals surface area contributed by atoms with Gasteiger partial charge in [0.05, 0.1) is 29.3 Å². The van der Waals surface area contributed by atoms with Gasteiger partial charge in [0, 0.05) is 28.3 Å². The molecule has 0 saturated heterocycles. The number of thioether (sulfide) groups is 1. The molecule has 0 bridgehead atoms. The normalized spacial score (nSPS) is 16.2. The minimum absolute atomic E-state index is 0.0807. The highest BCUT2D eigenvalue weighted by atomic mass is 32.2. The number of hydrogen-bond donors (Lipinski definition) is 2. The van der Waals surface area contributed by atoms with Gasteiger partial charge < -0.3 is 14.7 Å². The van der Waals surface area contributed by atoms with Crippen LogP contribution in [0.5, 0.6) is 0 Å². The third kappa shape index (κ3) is 4.52. The fourth-order valence-electron chi connectivity index (χ4n) is 6.42. The van der Waals surface area contributed by atoms with Gasteiger partial charge in [0.25, 0.3) is 0 Å². The molecular formula is C29H31F2N5O3S2. The number of thiophene rings is 1. The minimum atomic E-state index is -1.23. The van der Waals surface area contributed by atoms with Gasteiger partial charge in [-0.2, -0.15) is 0 Å². The molecule has 216 valence electrons. The highest BCUT2D eigenvalue weighted by Gasteiger charge is 2.42. The first-order valence-corrected chi connectivity index (χ1v) is 15.4. The van der Waals surface area contributed by atoms with Crippen LogP contribution in [0.4, 0.5) is 24.4 Å². The largest absolute Gasteiger partial charge is 0.465 e. The van der Waals surface area contributed by atoms with E-state index in [0.29, 0.717) is 42.8 Å². The zero-order valence-corrected chi connectivity index (χ0v) is 24.9. The van der Waals surface area contributed by atoms with Crippen LogP contribution in [0.2, 0.25) is 0 Å². The van der Waals surface area contributed by atoms with Crippen molar-refractivity contribution >= 4 is 61.0 Å². The lowest BCUT2D eigenvalue weighted by Crippen LogP contribution is -2.55. The summed E-state index contributed by atoms with van der Waals surface area (Å²) < 4.78 is 39.2. The fourth-order valence-corrected chi connectivity index (χ4v) is 7.94. The zero-order valence-electron chi connectivity index (χ0n) is 23.3. The minimum Gasteiger partial charge on any atom is -0.465 e. The van der Waals surface area contributed by atoms with Crippen molar-refractivity contribution in [3.8, 4) is 11.1 Å². The lowest BCUT2D eigenvalue weighted by molar-refractivity contribution is 0.135. The van der Waals surface area contributed by atoms with Crippen molar-refractivity contribution in [1.82, 2.24) is 14.9 Å². The van der Waals surface area contributed by atoms with Gasteiger partial charge in [-0.3, -0.25) is 10.2 Å². The molecule has 1 aliphatic heterocycles. The molecule has 2 aliphatic rings. The average molecular weight is 600 g/mol. The summed E-state index contributed by atoms with van der Waals surface area (Å²) in [7, 11) is 6.15. The van der Waals surface area contributed by atoms with E-state index in [2.05, 4.69) is 29.2 Å². The van der Waals surface area contributed by atoms with Crippen LogP contribution in [0.25, 0.3) is 32.1 Å². The van der Waals surface area contributed by atoms with E-state index < -0.39 is 17.7 Å². The number of anilines is 2. The SMILES string of the molecule is CCSc1nc(N(C)C2(N(C)C)CCCC2)c2c3c(c(-c4c(F)ccc5sc(NC(=O)O)cc45)c(F)c2n1)COC3. The molecule has 6 rings (SSSR count). The lowest BCUT2D eigenvalue weighted by Gasteiger charge is -2.45. The van der Waals surface area contributed by atoms with Gasteiger partial charge in [0.2, 0.25) is 0 Å². The topological polar surface area (TPSA) is 90.8 Å². The van der Waals surface area contributed by atoms with Gasteiger partial charge in [0.1, 0.15) is 17.2 Å². The molecule has 1 amide bonds. The Morgan fingerprint density at radius 1 is 1.15 bits per heavy atom. The third-order valence-corrected chi connectivity index (χ3v) is 10.1. The molecule has 2 aromatic carbocycles. The lowest BCUT2D eigenvalue weighted by atomic mass is 9.91. The number of carbonyl (C=O) groups is 1. The monoisotopic (exact) mass is 599 g/mol. The summed E-state index contributed by atoms with van der Waals surface area (Å²) in [5.41, 5.74) is 1.37. The van der Waals surface area contributed by atoms with Crippen molar-refractivity contribution in [3.05, 3.63) is 41.0 Å². The molecule has 1 saturated carbocycles. The van der Waals surface area contributed by atoms with E-state index in [1.165, 1.54) is 29.2 Å². The molecule has 0 radical (unpaired) electrons. The first-order chi connectivity index (χ1) is 19.7. The molecule has 2 N–H and O–H groups in total. The third-order valence-electron chi connectivity index (χ3n) is 8.34. The van der Waals surface area contributed by atoms with Crippen molar-refractivity contribution in [2.75, 3.05) is 37.1 Å². The van der Waals surface area contributed by atoms with Crippen LogP contribution >= 0.6 is 23.1 Å². The van der Waals surface area contributed by atoms with Crippen LogP contribution in [-0.4, -0.2) is 58.6 Å². The van der Waals surface area contributed by atoms with Gasteiger partial charge in [0.15, 0.2) is 11.0 Å². The molecule has 1 aliphatic carbocycles. The number of aromatic nitrogens is 2. The van der Waals surface area contributed by atoms with Gasteiger partial charge in [-0.25, -0.2) is 23.5 Å². The Hall–Kier alpha value is -3.06. The molecule has 1 fully saturated rings. The number of nitrogens with zero attached hydrogens (tertiary/aromatic N) is 4. The van der Waals surface area contributed by atoms with E-state index >= 15 is 8.78 Å². The average Bonchev–Trinajstić information content (AvgIpc) is 3.69. The number of fused-ring (bicyclic) bond motifs is 4. The summed E-state index contributed by atoms with van der Waals surface area (Å²) in [6.45, 7) is 2.34. The molecule has 4 aromatic rings. The second-order valence-electron chi connectivity index (χ2n) is 10.6. The number of amides is 1. The molecule has 3 heterocycles. The summed E-state index contributed by atoms with van der Waals surface area (Å²) in [6, 6.07) is 4.43. The second-order valence-corrected chi connectivity index (χ2v) is 13.0. The van der Waals surface area contributed by atoms with Gasteiger partial charge in [-0.1, -0.05) is 18.7 Å². The van der Waals surface area contributed by atoms with Crippen LogP contribution in [0.15, 0.2) is 23.4 Å². The maximum Gasteiger partial charge on any atom is 0.409 e. The smallest absolute Gasteiger partial charge is 0.409 e. The Bertz CT molecular complexity index is 1690. The van der Waals surface area contributed by atoms with Crippen molar-refractivity contribution in [2.24, 2.45) is 0 Å².